The molecule has 0 saturated heterocycles. The fraction of sp³-hybridized carbons (Fsp3) is 0.538. The van der Waals surface area contributed by atoms with Crippen LogP contribution in [0.15, 0.2) is 109 Å². The Morgan fingerprint density at radius 2 is 1.32 bits per heavy atom. The van der Waals surface area contributed by atoms with Gasteiger partial charge in [0.15, 0.2) is 0 Å². The SMILES string of the molecule is CC(C)CCCC(C)C1CCC2C3C=CC4CC(c5ccc(OC6=CCC(C)(N)C=C6)cc5)(c5ccc(Oc6ccc(N)cc6)cc5)CCC4(C)C3CCC12C. The molecule has 0 bridgehead atoms. The number of ether oxygens (including phenoxy) is 2. The zero-order chi connectivity index (χ0) is 39.3. The van der Waals surface area contributed by atoms with E-state index in [2.05, 4.69) is 101 Å². The van der Waals surface area contributed by atoms with Gasteiger partial charge in [-0.25, -0.2) is 0 Å². The van der Waals surface area contributed by atoms with Gasteiger partial charge in [0.25, 0.3) is 0 Å². The molecular formula is C52H68N2O2. The van der Waals surface area contributed by atoms with Gasteiger partial charge in [-0.05, 0) is 182 Å². The molecular weight excluding hydrogens is 685 g/mol. The standard InChI is InChI=1S/C52H68N2O2/c1-35(2)8-7-9-36(3)46-24-25-47-45-23-14-39-34-52(33-32-50(39,5)48(45)28-31-51(46,47)6,37-10-17-41(18-11-37)55-43-21-15-40(53)16-22-43)38-12-19-42(20-13-38)56-44-26-29-49(4,54)30-27-44/h10-23,26-27,29,35-36,39,45-48H,7-9,24-25,28,30-34,53-54H2,1-6H3. The number of anilines is 1. The summed E-state index contributed by atoms with van der Waals surface area (Å²) in [5.41, 5.74) is 16.1. The molecule has 298 valence electrons. The van der Waals surface area contributed by atoms with E-state index in [1.165, 1.54) is 62.5 Å². The van der Waals surface area contributed by atoms with Gasteiger partial charge in [0, 0.05) is 16.6 Å². The van der Waals surface area contributed by atoms with Crippen LogP contribution in [-0.4, -0.2) is 5.54 Å². The Labute approximate surface area is 338 Å². The Bertz CT molecular complexity index is 1920. The van der Waals surface area contributed by atoms with Crippen molar-refractivity contribution in [2.45, 2.75) is 123 Å². The summed E-state index contributed by atoms with van der Waals surface area (Å²) in [6.45, 7) is 14.8. The number of rotatable bonds is 11. The minimum atomic E-state index is -0.315. The molecule has 10 unspecified atom stereocenters. The van der Waals surface area contributed by atoms with E-state index in [1.54, 1.807) is 0 Å². The number of nitrogen functional groups attached to an aromatic ring is 1. The highest BCUT2D eigenvalue weighted by molar-refractivity contribution is 5.47. The molecule has 4 heteroatoms. The van der Waals surface area contributed by atoms with E-state index in [-0.39, 0.29) is 11.0 Å². The van der Waals surface area contributed by atoms with Crippen LogP contribution >= 0.6 is 0 Å². The van der Waals surface area contributed by atoms with Crippen LogP contribution in [0, 0.1) is 52.3 Å². The van der Waals surface area contributed by atoms with E-state index >= 15 is 0 Å². The molecule has 0 aliphatic heterocycles. The first kappa shape index (κ1) is 39.1. The van der Waals surface area contributed by atoms with Gasteiger partial charge >= 0.3 is 0 Å². The molecule has 3 aromatic rings. The number of hydrogen-bond donors (Lipinski definition) is 2. The van der Waals surface area contributed by atoms with Crippen molar-refractivity contribution in [1.82, 2.24) is 0 Å². The second kappa shape index (κ2) is 15.2. The Kier molecular flexibility index (Phi) is 10.6. The molecule has 0 heterocycles. The Morgan fingerprint density at radius 1 is 0.696 bits per heavy atom. The first-order chi connectivity index (χ1) is 26.8. The molecule has 0 aromatic heterocycles. The van der Waals surface area contributed by atoms with Gasteiger partial charge < -0.3 is 20.9 Å². The molecule has 4 N–H and O–H groups in total. The van der Waals surface area contributed by atoms with Crippen molar-refractivity contribution in [3.05, 3.63) is 120 Å². The minimum Gasteiger partial charge on any atom is -0.458 e. The topological polar surface area (TPSA) is 70.5 Å². The van der Waals surface area contributed by atoms with E-state index in [4.69, 9.17) is 20.9 Å². The zero-order valence-corrected chi connectivity index (χ0v) is 35.1. The van der Waals surface area contributed by atoms with E-state index in [0.29, 0.717) is 16.7 Å². The number of nitrogens with two attached hydrogens (primary N) is 2. The zero-order valence-electron chi connectivity index (χ0n) is 35.1. The third kappa shape index (κ3) is 7.41. The average Bonchev–Trinajstić information content (AvgIpc) is 3.54. The lowest BCUT2D eigenvalue weighted by atomic mass is 9.43. The van der Waals surface area contributed by atoms with Gasteiger partial charge in [-0.15, -0.1) is 0 Å². The summed E-state index contributed by atoms with van der Waals surface area (Å²) in [6, 6.07) is 25.6. The number of allylic oxidation sites excluding steroid dienone is 3. The third-order valence-corrected chi connectivity index (χ3v) is 16.0. The van der Waals surface area contributed by atoms with Gasteiger partial charge in [-0.2, -0.15) is 0 Å². The fourth-order valence-electron chi connectivity index (χ4n) is 12.6. The fourth-order valence-corrected chi connectivity index (χ4v) is 12.6. The van der Waals surface area contributed by atoms with E-state index < -0.39 is 0 Å². The van der Waals surface area contributed by atoms with Gasteiger partial charge in [0.2, 0.25) is 0 Å². The first-order valence-electron chi connectivity index (χ1n) is 22.1. The van der Waals surface area contributed by atoms with Crippen LogP contribution in [0.5, 0.6) is 17.2 Å². The van der Waals surface area contributed by atoms with Gasteiger partial charge in [-0.1, -0.05) is 96.4 Å². The third-order valence-electron chi connectivity index (χ3n) is 16.0. The summed E-state index contributed by atoms with van der Waals surface area (Å²) in [4.78, 5) is 0. The molecule has 56 heavy (non-hydrogen) atoms. The number of hydrogen-bond acceptors (Lipinski definition) is 4. The second-order valence-corrected chi connectivity index (χ2v) is 20.1. The van der Waals surface area contributed by atoms with Crippen LogP contribution in [0.4, 0.5) is 5.69 Å². The average molecular weight is 753 g/mol. The Morgan fingerprint density at radius 3 is 1.95 bits per heavy atom. The molecule has 3 fully saturated rings. The van der Waals surface area contributed by atoms with E-state index in [9.17, 15) is 0 Å². The predicted octanol–water partition coefficient (Wildman–Crippen LogP) is 13.2. The second-order valence-electron chi connectivity index (χ2n) is 20.1. The van der Waals surface area contributed by atoms with E-state index in [0.717, 1.165) is 83.5 Å². The van der Waals surface area contributed by atoms with Crippen molar-refractivity contribution in [2.24, 2.45) is 58.0 Å². The summed E-state index contributed by atoms with van der Waals surface area (Å²) < 4.78 is 12.6. The first-order valence-corrected chi connectivity index (χ1v) is 22.1. The summed E-state index contributed by atoms with van der Waals surface area (Å²) in [5.74, 6) is 8.73. The summed E-state index contributed by atoms with van der Waals surface area (Å²) in [5, 5.41) is 0. The maximum Gasteiger partial charge on any atom is 0.127 e. The van der Waals surface area contributed by atoms with Crippen LogP contribution in [0.3, 0.4) is 0 Å². The summed E-state index contributed by atoms with van der Waals surface area (Å²) >= 11 is 0. The molecule has 0 spiro atoms. The van der Waals surface area contributed by atoms with Crippen LogP contribution < -0.4 is 20.9 Å². The molecule has 0 amide bonds. The maximum absolute atomic E-state index is 6.35. The largest absolute Gasteiger partial charge is 0.458 e. The van der Waals surface area contributed by atoms with E-state index in [1.807, 2.05) is 43.3 Å². The highest BCUT2D eigenvalue weighted by atomic mass is 16.5. The Hall–Kier alpha value is -3.76. The number of fused-ring (bicyclic) bond motifs is 5. The van der Waals surface area contributed by atoms with Gasteiger partial charge in [0.05, 0.1) is 0 Å². The van der Waals surface area contributed by atoms with Crippen LogP contribution in [0.2, 0.25) is 0 Å². The maximum atomic E-state index is 6.35. The normalized spacial score (nSPS) is 35.3. The highest BCUT2D eigenvalue weighted by Gasteiger charge is 2.61. The molecule has 3 saturated carbocycles. The van der Waals surface area contributed by atoms with Crippen molar-refractivity contribution >= 4 is 5.69 Å². The highest BCUT2D eigenvalue weighted by Crippen LogP contribution is 2.68. The molecule has 0 radical (unpaired) electrons. The van der Waals surface area contributed by atoms with Crippen LogP contribution in [-0.2, 0) is 5.41 Å². The Balaban J connectivity index is 1.06. The quantitative estimate of drug-likeness (QED) is 0.151. The van der Waals surface area contributed by atoms with Crippen molar-refractivity contribution in [1.29, 1.82) is 0 Å². The van der Waals surface area contributed by atoms with Crippen molar-refractivity contribution < 1.29 is 9.47 Å². The van der Waals surface area contributed by atoms with Crippen molar-refractivity contribution in [3.8, 4) is 17.2 Å². The molecule has 5 aliphatic carbocycles. The molecule has 8 rings (SSSR count). The lowest BCUT2D eigenvalue weighted by Crippen LogP contribution is -2.54. The number of benzene rings is 3. The van der Waals surface area contributed by atoms with Crippen LogP contribution in [0.1, 0.15) is 123 Å². The minimum absolute atomic E-state index is 0.113. The molecule has 3 aromatic carbocycles. The molecule has 4 nitrogen and oxygen atoms in total. The van der Waals surface area contributed by atoms with Crippen molar-refractivity contribution in [2.75, 3.05) is 5.73 Å². The van der Waals surface area contributed by atoms with Gasteiger partial charge in [-0.3, -0.25) is 0 Å². The molecule has 10 atom stereocenters. The smallest absolute Gasteiger partial charge is 0.127 e. The lowest BCUT2D eigenvalue weighted by Gasteiger charge is -2.61. The summed E-state index contributed by atoms with van der Waals surface area (Å²) in [6.07, 6.45) is 25.7. The predicted molar refractivity (Wildman–Crippen MR) is 233 cm³/mol. The van der Waals surface area contributed by atoms with Crippen LogP contribution in [0.25, 0.3) is 0 Å². The monoisotopic (exact) mass is 753 g/mol. The van der Waals surface area contributed by atoms with Crippen molar-refractivity contribution in [3.63, 3.8) is 0 Å². The summed E-state index contributed by atoms with van der Waals surface area (Å²) in [7, 11) is 0. The molecule has 5 aliphatic rings. The van der Waals surface area contributed by atoms with Gasteiger partial charge in [0.1, 0.15) is 23.0 Å². The lowest BCUT2D eigenvalue weighted by molar-refractivity contribution is -0.0720.